The van der Waals surface area contributed by atoms with Crippen molar-refractivity contribution < 1.29 is 9.84 Å². The van der Waals surface area contributed by atoms with E-state index in [1.165, 1.54) is 0 Å². The maximum atomic E-state index is 10.7. The number of nitrogens with two attached hydrogens (primary N) is 1. The van der Waals surface area contributed by atoms with E-state index in [2.05, 4.69) is 0 Å². The Kier molecular flexibility index (Phi) is 5.23. The number of hydrogen-bond acceptors (Lipinski definition) is 3. The van der Waals surface area contributed by atoms with Crippen LogP contribution in [0.25, 0.3) is 0 Å². The molecule has 2 aromatic rings. The van der Waals surface area contributed by atoms with Gasteiger partial charge in [0.1, 0.15) is 5.75 Å². The lowest BCUT2D eigenvalue weighted by molar-refractivity contribution is 0.146. The average Bonchev–Trinajstić information content (AvgIpc) is 2.51. The first-order chi connectivity index (χ1) is 10.1. The molecule has 0 bridgehead atoms. The number of aliphatic hydroxyl groups excluding tert-OH is 1. The standard InChI is InChI=1S/C17H20ClNO2/c1-11-7-8-12(9-15(11)18)17(20)14(10-19)13-5-3-4-6-16(13)21-2/h3-9,14,17,20H,10,19H2,1-2H3. The van der Waals surface area contributed by atoms with E-state index in [0.717, 1.165) is 22.4 Å². The van der Waals surface area contributed by atoms with Gasteiger partial charge in [0.15, 0.2) is 0 Å². The minimum Gasteiger partial charge on any atom is -0.496 e. The Morgan fingerprint density at radius 2 is 1.95 bits per heavy atom. The van der Waals surface area contributed by atoms with Gasteiger partial charge in [-0.25, -0.2) is 0 Å². The maximum absolute atomic E-state index is 10.7. The van der Waals surface area contributed by atoms with Crippen LogP contribution in [-0.2, 0) is 0 Å². The van der Waals surface area contributed by atoms with E-state index in [9.17, 15) is 5.11 Å². The highest BCUT2D eigenvalue weighted by Crippen LogP contribution is 2.36. The van der Waals surface area contributed by atoms with Crippen molar-refractivity contribution >= 4 is 11.6 Å². The molecule has 3 nitrogen and oxygen atoms in total. The van der Waals surface area contributed by atoms with Gasteiger partial charge in [0.25, 0.3) is 0 Å². The van der Waals surface area contributed by atoms with Gasteiger partial charge in [0.05, 0.1) is 13.2 Å². The highest BCUT2D eigenvalue weighted by molar-refractivity contribution is 6.31. The minimum atomic E-state index is -0.732. The molecule has 0 heterocycles. The number of hydrogen-bond donors (Lipinski definition) is 2. The number of benzene rings is 2. The summed E-state index contributed by atoms with van der Waals surface area (Å²) in [5.74, 6) is 0.477. The van der Waals surface area contributed by atoms with Crippen molar-refractivity contribution in [3.05, 3.63) is 64.2 Å². The molecule has 0 aromatic heterocycles. The molecule has 2 rings (SSSR count). The topological polar surface area (TPSA) is 55.5 Å². The summed E-state index contributed by atoms with van der Waals surface area (Å²) in [5.41, 5.74) is 8.52. The highest BCUT2D eigenvalue weighted by atomic mass is 35.5. The van der Waals surface area contributed by atoms with Gasteiger partial charge in [-0.2, -0.15) is 0 Å². The van der Waals surface area contributed by atoms with Crippen molar-refractivity contribution in [2.75, 3.05) is 13.7 Å². The van der Waals surface area contributed by atoms with Crippen LogP contribution in [0.2, 0.25) is 5.02 Å². The quantitative estimate of drug-likeness (QED) is 0.890. The normalized spacial score (nSPS) is 13.8. The second-order valence-electron chi connectivity index (χ2n) is 5.04. The van der Waals surface area contributed by atoms with Crippen LogP contribution in [0.1, 0.15) is 28.7 Å². The summed E-state index contributed by atoms with van der Waals surface area (Å²) < 4.78 is 5.36. The first kappa shape index (κ1) is 15.8. The molecule has 2 atom stereocenters. The van der Waals surface area contributed by atoms with Crippen LogP contribution < -0.4 is 10.5 Å². The predicted molar refractivity (Wildman–Crippen MR) is 85.9 cm³/mol. The van der Waals surface area contributed by atoms with E-state index in [1.54, 1.807) is 13.2 Å². The Labute approximate surface area is 130 Å². The number of rotatable bonds is 5. The molecule has 0 aliphatic heterocycles. The number of halogens is 1. The van der Waals surface area contributed by atoms with Gasteiger partial charge in [-0.3, -0.25) is 0 Å². The van der Waals surface area contributed by atoms with Crippen LogP contribution >= 0.6 is 11.6 Å². The zero-order valence-corrected chi connectivity index (χ0v) is 13.0. The zero-order valence-electron chi connectivity index (χ0n) is 12.2. The van der Waals surface area contributed by atoms with Crippen LogP contribution in [0.5, 0.6) is 5.75 Å². The molecule has 0 saturated heterocycles. The third kappa shape index (κ3) is 3.38. The van der Waals surface area contributed by atoms with Crippen LogP contribution in [-0.4, -0.2) is 18.8 Å². The van der Waals surface area contributed by atoms with E-state index in [4.69, 9.17) is 22.1 Å². The number of aryl methyl sites for hydroxylation is 1. The molecule has 21 heavy (non-hydrogen) atoms. The van der Waals surface area contributed by atoms with Crippen molar-refractivity contribution in [1.29, 1.82) is 0 Å². The third-order valence-electron chi connectivity index (χ3n) is 3.71. The number of para-hydroxylation sites is 1. The number of methoxy groups -OCH3 is 1. The Balaban J connectivity index is 2.38. The van der Waals surface area contributed by atoms with Crippen LogP contribution in [0, 0.1) is 6.92 Å². The maximum Gasteiger partial charge on any atom is 0.122 e. The molecule has 2 aromatic carbocycles. The molecule has 0 aliphatic carbocycles. The van der Waals surface area contributed by atoms with Gasteiger partial charge in [-0.15, -0.1) is 0 Å². The van der Waals surface area contributed by atoms with E-state index < -0.39 is 6.10 Å². The lowest BCUT2D eigenvalue weighted by Gasteiger charge is -2.24. The fourth-order valence-corrected chi connectivity index (χ4v) is 2.61. The summed E-state index contributed by atoms with van der Waals surface area (Å²) in [5, 5.41) is 11.3. The van der Waals surface area contributed by atoms with Crippen LogP contribution in [0.4, 0.5) is 0 Å². The van der Waals surface area contributed by atoms with Crippen molar-refractivity contribution in [1.82, 2.24) is 0 Å². The van der Waals surface area contributed by atoms with Crippen molar-refractivity contribution in [3.8, 4) is 5.75 Å². The molecule has 2 unspecified atom stereocenters. The summed E-state index contributed by atoms with van der Waals surface area (Å²) in [6.07, 6.45) is -0.732. The fourth-order valence-electron chi connectivity index (χ4n) is 2.42. The Hall–Kier alpha value is -1.55. The number of aliphatic hydroxyl groups is 1. The fraction of sp³-hybridized carbons (Fsp3) is 0.294. The smallest absolute Gasteiger partial charge is 0.122 e. The highest BCUT2D eigenvalue weighted by Gasteiger charge is 2.24. The van der Waals surface area contributed by atoms with Crippen LogP contribution in [0.15, 0.2) is 42.5 Å². The van der Waals surface area contributed by atoms with Crippen LogP contribution in [0.3, 0.4) is 0 Å². The summed E-state index contributed by atoms with van der Waals surface area (Å²) in [7, 11) is 1.61. The molecular formula is C17H20ClNO2. The largest absolute Gasteiger partial charge is 0.496 e. The van der Waals surface area contributed by atoms with E-state index in [0.29, 0.717) is 11.6 Å². The molecule has 0 fully saturated rings. The molecule has 3 N–H and O–H groups in total. The second-order valence-corrected chi connectivity index (χ2v) is 5.44. The molecule has 0 spiro atoms. The number of ether oxygens (including phenoxy) is 1. The lowest BCUT2D eigenvalue weighted by atomic mass is 9.88. The van der Waals surface area contributed by atoms with Crippen molar-refractivity contribution in [2.45, 2.75) is 18.9 Å². The van der Waals surface area contributed by atoms with Gasteiger partial charge < -0.3 is 15.6 Å². The molecule has 0 amide bonds. The molecular weight excluding hydrogens is 286 g/mol. The molecule has 112 valence electrons. The van der Waals surface area contributed by atoms with Gasteiger partial charge in [0.2, 0.25) is 0 Å². The second kappa shape index (κ2) is 6.94. The average molecular weight is 306 g/mol. The Morgan fingerprint density at radius 1 is 1.24 bits per heavy atom. The zero-order chi connectivity index (χ0) is 15.4. The molecule has 0 aliphatic rings. The van der Waals surface area contributed by atoms with Crippen molar-refractivity contribution in [2.24, 2.45) is 5.73 Å². The van der Waals surface area contributed by atoms with Gasteiger partial charge >= 0.3 is 0 Å². The Morgan fingerprint density at radius 3 is 2.57 bits per heavy atom. The first-order valence-corrected chi connectivity index (χ1v) is 7.23. The molecule has 0 saturated carbocycles. The monoisotopic (exact) mass is 305 g/mol. The lowest BCUT2D eigenvalue weighted by Crippen LogP contribution is -2.20. The summed E-state index contributed by atoms with van der Waals surface area (Å²) in [4.78, 5) is 0. The third-order valence-corrected chi connectivity index (χ3v) is 4.12. The minimum absolute atomic E-state index is 0.250. The van der Waals surface area contributed by atoms with Gasteiger partial charge in [-0.1, -0.05) is 41.9 Å². The SMILES string of the molecule is COc1ccccc1C(CN)C(O)c1ccc(C)c(Cl)c1. The summed E-state index contributed by atoms with van der Waals surface area (Å²) >= 11 is 6.14. The predicted octanol–water partition coefficient (Wildman–Crippen LogP) is 3.43. The van der Waals surface area contributed by atoms with E-state index >= 15 is 0 Å². The Bertz CT molecular complexity index is 615. The summed E-state index contributed by atoms with van der Waals surface area (Å²) in [6, 6.07) is 13.2. The first-order valence-electron chi connectivity index (χ1n) is 6.85. The summed E-state index contributed by atoms with van der Waals surface area (Å²) in [6.45, 7) is 2.24. The molecule has 4 heteroatoms. The van der Waals surface area contributed by atoms with E-state index in [-0.39, 0.29) is 5.92 Å². The van der Waals surface area contributed by atoms with Crippen molar-refractivity contribution in [3.63, 3.8) is 0 Å². The molecule has 0 radical (unpaired) electrons. The van der Waals surface area contributed by atoms with Gasteiger partial charge in [-0.05, 0) is 30.2 Å². The van der Waals surface area contributed by atoms with E-state index in [1.807, 2.05) is 43.3 Å². The van der Waals surface area contributed by atoms with Gasteiger partial charge in [0, 0.05) is 23.0 Å².